The molecular weight excluding hydrogens is 89.9 g/mol. The topological polar surface area (TPSA) is 60.4 Å². The van der Waals surface area contributed by atoms with E-state index in [2.05, 4.69) is 0 Å². The van der Waals surface area contributed by atoms with Crippen molar-refractivity contribution in [2.75, 3.05) is 0 Å². The molecule has 0 aromatic carbocycles. The van der Waals surface area contributed by atoms with E-state index in [4.69, 9.17) is 15.0 Å². The minimum Gasteiger partial charge on any atom is -1.00 e. The van der Waals surface area contributed by atoms with Crippen molar-refractivity contribution >= 4 is 6.16 Å². The van der Waals surface area contributed by atoms with Crippen LogP contribution < -0.4 is 53.5 Å². The van der Waals surface area contributed by atoms with E-state index in [1.54, 1.807) is 0 Å². The van der Waals surface area contributed by atoms with Crippen LogP contribution in [0, 0.1) is 0 Å². The van der Waals surface area contributed by atoms with Crippen molar-refractivity contribution in [3.8, 4) is 0 Å². The minimum absolute atomic E-state index is 0. The SMILES string of the molecule is O=C([O-])O.[H-].[Li+].[Na+]. The van der Waals surface area contributed by atoms with Gasteiger partial charge in [-0.05, 0) is 0 Å². The Morgan fingerprint density at radius 2 is 1.83 bits per heavy atom. The summed E-state index contributed by atoms with van der Waals surface area (Å²) in [5, 5.41) is 15.3. The summed E-state index contributed by atoms with van der Waals surface area (Å²) in [6, 6.07) is 0. The first-order valence-electron chi connectivity index (χ1n) is 0.632. The summed E-state index contributed by atoms with van der Waals surface area (Å²) in [5.41, 5.74) is 0. The van der Waals surface area contributed by atoms with E-state index >= 15 is 0 Å². The predicted octanol–water partition coefficient (Wildman–Crippen LogP) is -6.99. The van der Waals surface area contributed by atoms with Crippen LogP contribution in [0.2, 0.25) is 0 Å². The second-order valence-corrected chi connectivity index (χ2v) is 0.266. The average molecular weight is 92.0 g/mol. The Morgan fingerprint density at radius 1 is 1.83 bits per heavy atom. The molecule has 0 amide bonds. The number of carbonyl (C=O) groups is 1. The summed E-state index contributed by atoms with van der Waals surface area (Å²) in [4.78, 5) is 8.44. The maximum Gasteiger partial charge on any atom is 1.00 e. The van der Waals surface area contributed by atoms with Gasteiger partial charge in [0.2, 0.25) is 6.16 Å². The van der Waals surface area contributed by atoms with Gasteiger partial charge in [0.25, 0.3) is 0 Å². The summed E-state index contributed by atoms with van der Waals surface area (Å²) in [5.74, 6) is 0. The van der Waals surface area contributed by atoms with Crippen molar-refractivity contribution in [1.29, 1.82) is 0 Å². The molecule has 0 radical (unpaired) electrons. The minimum atomic E-state index is -2.08. The van der Waals surface area contributed by atoms with Crippen molar-refractivity contribution in [3.63, 3.8) is 0 Å². The van der Waals surface area contributed by atoms with Gasteiger partial charge < -0.3 is 16.4 Å². The number of hydrogen-bond acceptors (Lipinski definition) is 2. The van der Waals surface area contributed by atoms with Gasteiger partial charge in [0.15, 0.2) is 0 Å². The van der Waals surface area contributed by atoms with Crippen LogP contribution in [0.5, 0.6) is 0 Å². The molecule has 0 rings (SSSR count). The molecule has 0 heterocycles. The van der Waals surface area contributed by atoms with Gasteiger partial charge in [-0.25, -0.2) is 0 Å². The standard InChI is InChI=1S/CH2O3.Li.Na.H/c2-1(3)4;;;/h(H2,2,3,4);;;/q;2*+1;-1/p-1. The van der Waals surface area contributed by atoms with Gasteiger partial charge in [0.05, 0.1) is 0 Å². The first-order valence-corrected chi connectivity index (χ1v) is 0.632. The van der Waals surface area contributed by atoms with Crippen molar-refractivity contribution < 1.29 is 64.9 Å². The molecule has 0 aliphatic heterocycles. The molecule has 26 valence electrons. The molecule has 0 atom stereocenters. The van der Waals surface area contributed by atoms with Crippen molar-refractivity contribution in [2.45, 2.75) is 0 Å². The Labute approximate surface area is 70.7 Å². The quantitative estimate of drug-likeness (QED) is 0.302. The zero-order chi connectivity index (χ0) is 3.58. The molecule has 3 nitrogen and oxygen atoms in total. The molecular formula is CH2LiNaO3. The van der Waals surface area contributed by atoms with Crippen LogP contribution in [-0.2, 0) is 0 Å². The van der Waals surface area contributed by atoms with Gasteiger partial charge in [-0.2, -0.15) is 0 Å². The first kappa shape index (κ1) is 15.8. The van der Waals surface area contributed by atoms with Gasteiger partial charge in [-0.15, -0.1) is 0 Å². The molecule has 0 fully saturated rings. The summed E-state index contributed by atoms with van der Waals surface area (Å²) < 4.78 is 0. The van der Waals surface area contributed by atoms with Crippen molar-refractivity contribution in [2.24, 2.45) is 0 Å². The van der Waals surface area contributed by atoms with Crippen LogP contribution in [0.3, 0.4) is 0 Å². The molecule has 0 bridgehead atoms. The fourth-order valence-corrected chi connectivity index (χ4v) is 0. The third-order valence-corrected chi connectivity index (χ3v) is 0. The van der Waals surface area contributed by atoms with Crippen LogP contribution in [0.15, 0.2) is 0 Å². The van der Waals surface area contributed by atoms with Crippen molar-refractivity contribution in [3.05, 3.63) is 0 Å². The van der Waals surface area contributed by atoms with Crippen LogP contribution >= 0.6 is 0 Å². The molecule has 0 aromatic rings. The first-order chi connectivity index (χ1) is 1.73. The van der Waals surface area contributed by atoms with Crippen LogP contribution in [0.1, 0.15) is 1.43 Å². The summed E-state index contributed by atoms with van der Waals surface area (Å²) in [6.07, 6.45) is -2.08. The van der Waals surface area contributed by atoms with E-state index in [1.807, 2.05) is 0 Å². The molecule has 6 heavy (non-hydrogen) atoms. The molecule has 0 spiro atoms. The fourth-order valence-electron chi connectivity index (χ4n) is 0. The predicted molar refractivity (Wildman–Crippen MR) is 9.14 cm³/mol. The summed E-state index contributed by atoms with van der Waals surface area (Å²) >= 11 is 0. The second-order valence-electron chi connectivity index (χ2n) is 0.266. The van der Waals surface area contributed by atoms with E-state index in [9.17, 15) is 0 Å². The zero-order valence-electron chi connectivity index (χ0n) is 4.76. The second kappa shape index (κ2) is 9.29. The third kappa shape index (κ3) is 96.8. The maximum absolute atomic E-state index is 8.44. The molecule has 0 aromatic heterocycles. The van der Waals surface area contributed by atoms with Gasteiger partial charge in [0.1, 0.15) is 0 Å². The average Bonchev–Trinajstić information content (AvgIpc) is 0.811. The zero-order valence-corrected chi connectivity index (χ0v) is 5.76. The van der Waals surface area contributed by atoms with E-state index in [1.165, 1.54) is 0 Å². The molecule has 0 unspecified atom stereocenters. The Bertz CT molecular complexity index is 37.9. The maximum atomic E-state index is 8.44. The Balaban J connectivity index is -0.0000000150. The van der Waals surface area contributed by atoms with E-state index in [0.717, 1.165) is 0 Å². The fraction of sp³-hybridized carbons (Fsp3) is 0. The molecule has 5 heteroatoms. The van der Waals surface area contributed by atoms with Gasteiger partial charge in [-0.1, -0.05) is 0 Å². The van der Waals surface area contributed by atoms with E-state index < -0.39 is 6.16 Å². The largest absolute Gasteiger partial charge is 1.00 e. The van der Waals surface area contributed by atoms with E-state index in [-0.39, 0.29) is 49.8 Å². The van der Waals surface area contributed by atoms with Crippen LogP contribution in [0.4, 0.5) is 4.79 Å². The summed E-state index contributed by atoms with van der Waals surface area (Å²) in [6.45, 7) is 0. The Kier molecular flexibility index (Phi) is 24.5. The van der Waals surface area contributed by atoms with Crippen LogP contribution in [0.25, 0.3) is 0 Å². The van der Waals surface area contributed by atoms with Gasteiger partial charge in [-0.3, -0.25) is 0 Å². The normalized spacial score (nSPS) is 4.00. The molecule has 1 N–H and O–H groups in total. The third-order valence-electron chi connectivity index (χ3n) is 0. The number of rotatable bonds is 0. The number of hydrogen-bond donors (Lipinski definition) is 1. The molecule has 0 aliphatic carbocycles. The Morgan fingerprint density at radius 3 is 1.83 bits per heavy atom. The summed E-state index contributed by atoms with van der Waals surface area (Å²) in [7, 11) is 0. The van der Waals surface area contributed by atoms with Crippen LogP contribution in [-0.4, -0.2) is 11.3 Å². The van der Waals surface area contributed by atoms with E-state index in [0.29, 0.717) is 0 Å². The molecule has 0 saturated carbocycles. The van der Waals surface area contributed by atoms with Gasteiger partial charge in [0, 0.05) is 0 Å². The smallest absolute Gasteiger partial charge is 1.00 e. The number of carboxylic acid groups (broad SMARTS) is 2. The Hall–Kier alpha value is 0.867. The molecule has 0 saturated heterocycles. The van der Waals surface area contributed by atoms with Crippen molar-refractivity contribution in [1.82, 2.24) is 0 Å². The van der Waals surface area contributed by atoms with Gasteiger partial charge >= 0.3 is 48.4 Å². The molecule has 0 aliphatic rings. The monoisotopic (exact) mass is 92.0 g/mol.